The molecule has 0 radical (unpaired) electrons. The molecule has 2 N–H and O–H groups in total. The van der Waals surface area contributed by atoms with Crippen molar-refractivity contribution in [2.45, 2.75) is 57.2 Å². The van der Waals surface area contributed by atoms with Crippen molar-refractivity contribution in [3.8, 4) is 5.75 Å². The molecule has 2 aliphatic rings. The van der Waals surface area contributed by atoms with Crippen molar-refractivity contribution in [2.24, 2.45) is 0 Å². The van der Waals surface area contributed by atoms with Crippen molar-refractivity contribution >= 4 is 5.91 Å². The van der Waals surface area contributed by atoms with Gasteiger partial charge in [0.15, 0.2) is 0 Å². The number of nitrogens with one attached hydrogen (secondary N) is 2. The van der Waals surface area contributed by atoms with E-state index in [1.54, 1.807) is 0 Å². The maximum absolute atomic E-state index is 12.7. The van der Waals surface area contributed by atoms with E-state index in [0.717, 1.165) is 51.0 Å². The van der Waals surface area contributed by atoms with Gasteiger partial charge in [0.1, 0.15) is 12.4 Å². The average Bonchev–Trinajstić information content (AvgIpc) is 3.34. The van der Waals surface area contributed by atoms with Crippen LogP contribution in [0.25, 0.3) is 0 Å². The molecule has 172 valence electrons. The highest BCUT2D eigenvalue weighted by atomic mass is 19.1. The normalized spacial score (nSPS) is 20.0. The van der Waals surface area contributed by atoms with E-state index in [0.29, 0.717) is 25.1 Å². The summed E-state index contributed by atoms with van der Waals surface area (Å²) in [5.74, 6) is 0.719. The smallest absolute Gasteiger partial charge is 0.251 e. The molecule has 6 heteroatoms. The molecule has 0 aromatic heterocycles. The molecule has 1 fully saturated rings. The highest BCUT2D eigenvalue weighted by Crippen LogP contribution is 2.23. The Labute approximate surface area is 189 Å². The summed E-state index contributed by atoms with van der Waals surface area (Å²) in [6.07, 6.45) is 5.61. The molecule has 1 aliphatic heterocycles. The van der Waals surface area contributed by atoms with Gasteiger partial charge in [0.2, 0.25) is 0 Å². The number of hydrogen-bond acceptors (Lipinski definition) is 4. The van der Waals surface area contributed by atoms with Crippen LogP contribution in [0.2, 0.25) is 0 Å². The van der Waals surface area contributed by atoms with Gasteiger partial charge in [0.25, 0.3) is 5.91 Å². The van der Waals surface area contributed by atoms with Gasteiger partial charge in [-0.1, -0.05) is 18.2 Å². The number of benzene rings is 2. The molecule has 32 heavy (non-hydrogen) atoms. The number of alkyl halides is 1. The lowest BCUT2D eigenvalue weighted by atomic mass is 9.87. The lowest BCUT2D eigenvalue weighted by Gasteiger charge is -2.26. The number of carbonyl (C=O) groups is 1. The topological polar surface area (TPSA) is 59.6 Å². The first-order chi connectivity index (χ1) is 15.7. The molecule has 0 saturated carbocycles. The Kier molecular flexibility index (Phi) is 8.13. The summed E-state index contributed by atoms with van der Waals surface area (Å²) < 4.78 is 23.6. The number of aryl methyl sites for hydroxylation is 1. The minimum absolute atomic E-state index is 0.0437. The monoisotopic (exact) mass is 440 g/mol. The van der Waals surface area contributed by atoms with Crippen LogP contribution in [0.4, 0.5) is 4.39 Å². The van der Waals surface area contributed by atoms with E-state index in [1.165, 1.54) is 16.7 Å². The van der Waals surface area contributed by atoms with E-state index in [1.807, 2.05) is 24.3 Å². The number of amides is 1. The molecule has 0 bridgehead atoms. The number of hydrogen-bond donors (Lipinski definition) is 2. The molecular weight excluding hydrogens is 407 g/mol. The van der Waals surface area contributed by atoms with Crippen LogP contribution in [0.1, 0.15) is 52.7 Å². The Morgan fingerprint density at radius 1 is 1.12 bits per heavy atom. The van der Waals surface area contributed by atoms with Crippen LogP contribution in [-0.2, 0) is 24.1 Å². The van der Waals surface area contributed by atoms with Gasteiger partial charge in [-0.3, -0.25) is 9.18 Å². The second kappa shape index (κ2) is 11.4. The maximum Gasteiger partial charge on any atom is 0.251 e. The fraction of sp³-hybridized carbons (Fsp3) is 0.500. The van der Waals surface area contributed by atoms with E-state index < -0.39 is 0 Å². The number of ether oxygens (including phenoxy) is 2. The predicted molar refractivity (Wildman–Crippen MR) is 123 cm³/mol. The number of halogens is 1. The fourth-order valence-electron chi connectivity index (χ4n) is 4.40. The minimum Gasteiger partial charge on any atom is -0.491 e. The summed E-state index contributed by atoms with van der Waals surface area (Å²) >= 11 is 0. The number of rotatable bonds is 10. The SMILES string of the molecule is O=C(N[C@H]1CCc2cc(CNCCCF)ccc2C1)c1ccc(OC[C@@H]2CCCO2)cc1. The van der Waals surface area contributed by atoms with Crippen LogP contribution in [0.5, 0.6) is 5.75 Å². The Hall–Kier alpha value is -2.44. The van der Waals surface area contributed by atoms with Gasteiger partial charge in [0, 0.05) is 24.8 Å². The molecule has 2 aromatic rings. The molecule has 1 heterocycles. The minimum atomic E-state index is -0.280. The predicted octanol–water partition coefficient (Wildman–Crippen LogP) is 3.98. The molecule has 4 rings (SSSR count). The quantitative estimate of drug-likeness (QED) is 0.549. The van der Waals surface area contributed by atoms with E-state index in [4.69, 9.17) is 9.47 Å². The Morgan fingerprint density at radius 2 is 2.00 bits per heavy atom. The largest absolute Gasteiger partial charge is 0.491 e. The lowest BCUT2D eigenvalue weighted by molar-refractivity contribution is 0.0679. The van der Waals surface area contributed by atoms with Gasteiger partial charge >= 0.3 is 0 Å². The average molecular weight is 441 g/mol. The summed E-state index contributed by atoms with van der Waals surface area (Å²) in [5.41, 5.74) is 4.53. The zero-order valence-corrected chi connectivity index (χ0v) is 18.6. The highest BCUT2D eigenvalue weighted by Gasteiger charge is 2.21. The molecular formula is C26H33FN2O3. The first-order valence-corrected chi connectivity index (χ1v) is 11.7. The second-order valence-corrected chi connectivity index (χ2v) is 8.71. The van der Waals surface area contributed by atoms with Crippen LogP contribution < -0.4 is 15.4 Å². The highest BCUT2D eigenvalue weighted by molar-refractivity contribution is 5.94. The summed E-state index contributed by atoms with van der Waals surface area (Å²) in [7, 11) is 0. The summed E-state index contributed by atoms with van der Waals surface area (Å²) in [5, 5.41) is 6.46. The van der Waals surface area contributed by atoms with Gasteiger partial charge in [0.05, 0.1) is 12.8 Å². The zero-order valence-electron chi connectivity index (χ0n) is 18.6. The third kappa shape index (κ3) is 6.30. The first kappa shape index (κ1) is 22.7. The van der Waals surface area contributed by atoms with E-state index in [9.17, 15) is 9.18 Å². The van der Waals surface area contributed by atoms with Crippen LogP contribution in [0.15, 0.2) is 42.5 Å². The summed E-state index contributed by atoms with van der Waals surface area (Å²) in [6.45, 7) is 2.56. The lowest BCUT2D eigenvalue weighted by Crippen LogP contribution is -2.38. The van der Waals surface area contributed by atoms with Gasteiger partial charge < -0.3 is 20.1 Å². The van der Waals surface area contributed by atoms with Gasteiger partial charge in [-0.2, -0.15) is 0 Å². The van der Waals surface area contributed by atoms with Gasteiger partial charge in [-0.25, -0.2) is 0 Å². The molecule has 2 aromatic carbocycles. The Balaban J connectivity index is 1.25. The van der Waals surface area contributed by atoms with Crippen LogP contribution in [-0.4, -0.2) is 44.5 Å². The van der Waals surface area contributed by atoms with Gasteiger partial charge in [-0.05, 0) is 86.0 Å². The third-order valence-corrected chi connectivity index (χ3v) is 6.23. The van der Waals surface area contributed by atoms with Crippen LogP contribution >= 0.6 is 0 Å². The van der Waals surface area contributed by atoms with E-state index in [-0.39, 0.29) is 24.7 Å². The standard InChI is InChI=1S/C26H33FN2O3/c27-12-2-13-28-17-19-4-5-22-16-23(9-6-21(22)15-19)29-26(30)20-7-10-24(11-8-20)32-18-25-3-1-14-31-25/h4-5,7-8,10-11,15,23,25,28H,1-3,6,9,12-14,16-18H2,(H,29,30)/t23-,25-/m0/s1. The maximum atomic E-state index is 12.7. The van der Waals surface area contributed by atoms with E-state index in [2.05, 4.69) is 28.8 Å². The first-order valence-electron chi connectivity index (χ1n) is 11.7. The third-order valence-electron chi connectivity index (χ3n) is 6.23. The van der Waals surface area contributed by atoms with Crippen molar-refractivity contribution in [1.29, 1.82) is 0 Å². The fourth-order valence-corrected chi connectivity index (χ4v) is 4.40. The van der Waals surface area contributed by atoms with Crippen LogP contribution in [0, 0.1) is 0 Å². The molecule has 0 spiro atoms. The van der Waals surface area contributed by atoms with E-state index >= 15 is 0 Å². The molecule has 2 atom stereocenters. The van der Waals surface area contributed by atoms with Gasteiger partial charge in [-0.15, -0.1) is 0 Å². The number of fused-ring (bicyclic) bond motifs is 1. The molecule has 1 amide bonds. The van der Waals surface area contributed by atoms with Crippen molar-refractivity contribution in [1.82, 2.24) is 10.6 Å². The second-order valence-electron chi connectivity index (χ2n) is 8.71. The molecule has 5 nitrogen and oxygen atoms in total. The molecule has 0 unspecified atom stereocenters. The van der Waals surface area contributed by atoms with Crippen molar-refractivity contribution in [3.05, 3.63) is 64.7 Å². The zero-order chi connectivity index (χ0) is 22.2. The molecule has 1 saturated heterocycles. The Morgan fingerprint density at radius 3 is 2.78 bits per heavy atom. The number of carbonyl (C=O) groups excluding carboxylic acids is 1. The van der Waals surface area contributed by atoms with Crippen LogP contribution in [0.3, 0.4) is 0 Å². The van der Waals surface area contributed by atoms with Crippen molar-refractivity contribution in [3.63, 3.8) is 0 Å². The Bertz CT molecular complexity index is 881. The van der Waals surface area contributed by atoms with Crippen molar-refractivity contribution < 1.29 is 18.7 Å². The summed E-state index contributed by atoms with van der Waals surface area (Å²) in [6, 6.07) is 14.0. The van der Waals surface area contributed by atoms with Crippen molar-refractivity contribution in [2.75, 3.05) is 26.4 Å². The summed E-state index contributed by atoms with van der Waals surface area (Å²) in [4.78, 5) is 12.7. The molecule has 1 aliphatic carbocycles.